The maximum absolute atomic E-state index is 3.59. The molecular weight excluding hydrogens is 302 g/mol. The Labute approximate surface area is 158 Å². The molecule has 0 spiro atoms. The highest BCUT2D eigenvalue weighted by Crippen LogP contribution is 2.53. The lowest BCUT2D eigenvalue weighted by atomic mass is 9.77. The molecule has 3 fully saturated rings. The third kappa shape index (κ3) is 5.24. The molecule has 25 heavy (non-hydrogen) atoms. The van der Waals surface area contributed by atoms with Crippen LogP contribution in [-0.2, 0) is 0 Å². The van der Waals surface area contributed by atoms with Gasteiger partial charge < -0.3 is 5.32 Å². The third-order valence-corrected chi connectivity index (χ3v) is 8.32. The summed E-state index contributed by atoms with van der Waals surface area (Å²) in [4.78, 5) is 0. The van der Waals surface area contributed by atoms with Gasteiger partial charge >= 0.3 is 0 Å². The fraction of sp³-hybridized carbons (Fsp3) is 1.00. The SMILES string of the molecule is CCC(NC)C(CC)C1CC1CC1CCC(CC2CCCC(C)C2)C1. The van der Waals surface area contributed by atoms with Crippen LogP contribution in [0.1, 0.15) is 97.8 Å². The fourth-order valence-electron chi connectivity index (χ4n) is 6.95. The minimum absolute atomic E-state index is 0.754. The highest BCUT2D eigenvalue weighted by molar-refractivity contribution is 4.96. The average Bonchev–Trinajstić information content (AvgIpc) is 3.21. The van der Waals surface area contributed by atoms with Gasteiger partial charge in [-0.15, -0.1) is 0 Å². The zero-order valence-corrected chi connectivity index (χ0v) is 17.6. The van der Waals surface area contributed by atoms with E-state index in [1.54, 1.807) is 32.1 Å². The molecule has 0 heterocycles. The van der Waals surface area contributed by atoms with Crippen molar-refractivity contribution in [2.75, 3.05) is 7.05 Å². The van der Waals surface area contributed by atoms with Gasteiger partial charge in [-0.25, -0.2) is 0 Å². The van der Waals surface area contributed by atoms with E-state index in [4.69, 9.17) is 0 Å². The van der Waals surface area contributed by atoms with Gasteiger partial charge in [-0.2, -0.15) is 0 Å². The molecule has 8 atom stereocenters. The molecular formula is C24H45N. The predicted molar refractivity (Wildman–Crippen MR) is 110 cm³/mol. The summed E-state index contributed by atoms with van der Waals surface area (Å²) in [5, 5.41) is 3.59. The Bertz CT molecular complexity index is 388. The standard InChI is InChI=1S/C24H45N/c1-5-22(24(6-2)25-4)23-16-21(23)15-20-11-10-19(14-20)13-18-9-7-8-17(3)12-18/h17-25H,5-16H2,1-4H3. The first kappa shape index (κ1) is 19.7. The van der Waals surface area contributed by atoms with Gasteiger partial charge in [0.15, 0.2) is 0 Å². The van der Waals surface area contributed by atoms with E-state index >= 15 is 0 Å². The fourth-order valence-corrected chi connectivity index (χ4v) is 6.95. The minimum Gasteiger partial charge on any atom is -0.317 e. The van der Waals surface area contributed by atoms with Crippen molar-refractivity contribution >= 4 is 0 Å². The zero-order chi connectivity index (χ0) is 17.8. The molecule has 0 saturated heterocycles. The molecule has 0 radical (unpaired) electrons. The maximum Gasteiger partial charge on any atom is 0.00923 e. The van der Waals surface area contributed by atoms with E-state index in [1.807, 2.05) is 0 Å². The number of nitrogens with one attached hydrogen (secondary N) is 1. The number of hydrogen-bond acceptors (Lipinski definition) is 1. The highest BCUT2D eigenvalue weighted by Gasteiger charge is 2.45. The summed E-state index contributed by atoms with van der Waals surface area (Å²) in [5.41, 5.74) is 0. The Morgan fingerprint density at radius 1 is 0.840 bits per heavy atom. The van der Waals surface area contributed by atoms with Crippen molar-refractivity contribution in [3.63, 3.8) is 0 Å². The topological polar surface area (TPSA) is 12.0 Å². The van der Waals surface area contributed by atoms with Gasteiger partial charge in [0.05, 0.1) is 0 Å². The van der Waals surface area contributed by atoms with Crippen LogP contribution in [0.2, 0.25) is 0 Å². The van der Waals surface area contributed by atoms with Crippen LogP contribution in [-0.4, -0.2) is 13.1 Å². The molecule has 1 N–H and O–H groups in total. The molecule has 3 rings (SSSR count). The Balaban J connectivity index is 1.39. The molecule has 8 unspecified atom stereocenters. The van der Waals surface area contributed by atoms with Crippen molar-refractivity contribution in [3.8, 4) is 0 Å². The van der Waals surface area contributed by atoms with Crippen molar-refractivity contribution in [2.24, 2.45) is 41.4 Å². The molecule has 0 aromatic rings. The summed E-state index contributed by atoms with van der Waals surface area (Å²) < 4.78 is 0. The Morgan fingerprint density at radius 2 is 1.56 bits per heavy atom. The normalized spacial score (nSPS) is 40.8. The molecule has 0 bridgehead atoms. The smallest absolute Gasteiger partial charge is 0.00923 e. The molecule has 1 heteroatoms. The lowest BCUT2D eigenvalue weighted by molar-refractivity contribution is 0.235. The summed E-state index contributed by atoms with van der Waals surface area (Å²) in [6.07, 6.45) is 18.1. The van der Waals surface area contributed by atoms with E-state index in [9.17, 15) is 0 Å². The predicted octanol–water partition coefficient (Wildman–Crippen LogP) is 6.67. The summed E-state index contributed by atoms with van der Waals surface area (Å²) in [7, 11) is 2.17. The molecule has 3 saturated carbocycles. The van der Waals surface area contributed by atoms with Gasteiger partial charge in [0, 0.05) is 6.04 Å². The summed E-state index contributed by atoms with van der Waals surface area (Å²) in [6, 6.07) is 0.754. The largest absolute Gasteiger partial charge is 0.317 e. The van der Waals surface area contributed by atoms with E-state index in [0.717, 1.165) is 47.5 Å². The van der Waals surface area contributed by atoms with Crippen LogP contribution >= 0.6 is 0 Å². The van der Waals surface area contributed by atoms with Crippen LogP contribution in [0, 0.1) is 41.4 Å². The second kappa shape index (κ2) is 9.25. The lowest BCUT2D eigenvalue weighted by Gasteiger charge is -2.28. The van der Waals surface area contributed by atoms with Gasteiger partial charge in [-0.1, -0.05) is 59.3 Å². The van der Waals surface area contributed by atoms with Gasteiger partial charge in [0.1, 0.15) is 0 Å². The summed E-state index contributed by atoms with van der Waals surface area (Å²) in [6.45, 7) is 7.25. The first-order chi connectivity index (χ1) is 12.1. The first-order valence-electron chi connectivity index (χ1n) is 11.8. The second-order valence-electron chi connectivity index (χ2n) is 10.2. The van der Waals surface area contributed by atoms with Crippen LogP contribution in [0.3, 0.4) is 0 Å². The molecule has 3 aliphatic rings. The monoisotopic (exact) mass is 347 g/mol. The van der Waals surface area contributed by atoms with E-state index in [2.05, 4.69) is 33.1 Å². The zero-order valence-electron chi connectivity index (χ0n) is 17.6. The summed E-state index contributed by atoms with van der Waals surface area (Å²) in [5.74, 6) is 7.29. The third-order valence-electron chi connectivity index (χ3n) is 8.32. The molecule has 0 aromatic carbocycles. The summed E-state index contributed by atoms with van der Waals surface area (Å²) >= 11 is 0. The average molecular weight is 348 g/mol. The number of rotatable bonds is 9. The van der Waals surface area contributed by atoms with Gasteiger partial charge in [0.2, 0.25) is 0 Å². The van der Waals surface area contributed by atoms with Crippen LogP contribution in [0.15, 0.2) is 0 Å². The lowest BCUT2D eigenvalue weighted by Crippen LogP contribution is -2.34. The van der Waals surface area contributed by atoms with Crippen molar-refractivity contribution in [1.29, 1.82) is 0 Å². The maximum atomic E-state index is 3.59. The van der Waals surface area contributed by atoms with Gasteiger partial charge in [-0.3, -0.25) is 0 Å². The highest BCUT2D eigenvalue weighted by atomic mass is 14.9. The second-order valence-corrected chi connectivity index (χ2v) is 10.2. The van der Waals surface area contributed by atoms with Crippen molar-refractivity contribution in [1.82, 2.24) is 5.32 Å². The van der Waals surface area contributed by atoms with E-state index in [-0.39, 0.29) is 0 Å². The Morgan fingerprint density at radius 3 is 2.20 bits per heavy atom. The Hall–Kier alpha value is -0.0400. The molecule has 0 aliphatic heterocycles. The van der Waals surface area contributed by atoms with Crippen molar-refractivity contribution < 1.29 is 0 Å². The minimum atomic E-state index is 0.754. The molecule has 3 aliphatic carbocycles. The van der Waals surface area contributed by atoms with Crippen LogP contribution < -0.4 is 5.32 Å². The first-order valence-corrected chi connectivity index (χ1v) is 11.8. The van der Waals surface area contributed by atoms with Crippen LogP contribution in [0.5, 0.6) is 0 Å². The number of hydrogen-bond donors (Lipinski definition) is 1. The van der Waals surface area contributed by atoms with Gasteiger partial charge in [-0.05, 0) is 87.0 Å². The molecule has 1 nitrogen and oxygen atoms in total. The molecule has 146 valence electrons. The quantitative estimate of drug-likeness (QED) is 0.491. The van der Waals surface area contributed by atoms with Crippen LogP contribution in [0.25, 0.3) is 0 Å². The van der Waals surface area contributed by atoms with E-state index < -0.39 is 0 Å². The van der Waals surface area contributed by atoms with Gasteiger partial charge in [0.25, 0.3) is 0 Å². The molecule has 0 aromatic heterocycles. The van der Waals surface area contributed by atoms with Crippen molar-refractivity contribution in [3.05, 3.63) is 0 Å². The van der Waals surface area contributed by atoms with E-state index in [0.29, 0.717) is 0 Å². The van der Waals surface area contributed by atoms with Crippen molar-refractivity contribution in [2.45, 2.75) is 104 Å². The van der Waals surface area contributed by atoms with E-state index in [1.165, 1.54) is 44.9 Å². The molecule has 0 amide bonds. The van der Waals surface area contributed by atoms with Crippen LogP contribution in [0.4, 0.5) is 0 Å². The Kier molecular flexibility index (Phi) is 7.29.